The molecule has 0 aromatic rings. The number of hydrogen-bond donors (Lipinski definition) is 2. The van der Waals surface area contributed by atoms with Crippen molar-refractivity contribution in [1.29, 1.82) is 0 Å². The molecule has 15 heavy (non-hydrogen) atoms. The van der Waals surface area contributed by atoms with Crippen LogP contribution in [0.1, 0.15) is 41.0 Å². The first-order valence-electron chi connectivity index (χ1n) is 4.96. The number of phosphoric acid groups is 1. The largest absolute Gasteiger partial charge is 1.00 e. The van der Waals surface area contributed by atoms with Crippen LogP contribution >= 0.6 is 7.82 Å². The van der Waals surface area contributed by atoms with Gasteiger partial charge in [-0.15, -0.1) is 0 Å². The minimum atomic E-state index is -4.15. The first-order chi connectivity index (χ1) is 6.35. The first-order valence-corrected chi connectivity index (χ1v) is 6.49. The molecule has 88 valence electrons. The van der Waals surface area contributed by atoms with Crippen LogP contribution in [0.4, 0.5) is 0 Å². The summed E-state index contributed by atoms with van der Waals surface area (Å²) in [5, 5.41) is 0. The van der Waals surface area contributed by atoms with Gasteiger partial charge in [0.1, 0.15) is 0 Å². The zero-order valence-corrected chi connectivity index (χ0v) is 13.0. The molecule has 0 heterocycles. The van der Waals surface area contributed by atoms with Gasteiger partial charge in [-0.3, -0.25) is 4.52 Å². The smallest absolute Gasteiger partial charge is 1.00 e. The van der Waals surface area contributed by atoms with Crippen LogP contribution in [0.3, 0.4) is 0 Å². The summed E-state index contributed by atoms with van der Waals surface area (Å²) in [6, 6.07) is 0. The molecule has 1 aliphatic carbocycles. The van der Waals surface area contributed by atoms with Gasteiger partial charge in [0.15, 0.2) is 0 Å². The fraction of sp³-hybridized carbons (Fsp3) is 1.00. The van der Waals surface area contributed by atoms with Crippen LogP contribution in [0.25, 0.3) is 0 Å². The van der Waals surface area contributed by atoms with Crippen molar-refractivity contribution in [2.75, 3.05) is 7.11 Å². The van der Waals surface area contributed by atoms with Gasteiger partial charge in [-0.1, -0.05) is 33.1 Å². The number of hydrogen-bond acceptors (Lipinski definition) is 2. The van der Waals surface area contributed by atoms with Crippen LogP contribution < -0.4 is 29.6 Å². The van der Waals surface area contributed by atoms with Crippen molar-refractivity contribution in [1.82, 2.24) is 0 Å². The molecule has 0 saturated heterocycles. The van der Waals surface area contributed by atoms with E-state index in [2.05, 4.69) is 18.4 Å². The Morgan fingerprint density at radius 1 is 1.47 bits per heavy atom. The maximum atomic E-state index is 9.47. The van der Waals surface area contributed by atoms with Crippen LogP contribution in [-0.4, -0.2) is 16.9 Å². The minimum absolute atomic E-state index is 0. The van der Waals surface area contributed by atoms with Gasteiger partial charge >= 0.3 is 37.4 Å². The van der Waals surface area contributed by atoms with E-state index in [9.17, 15) is 4.57 Å². The van der Waals surface area contributed by atoms with E-state index >= 15 is 0 Å². The monoisotopic (exact) mass is 248 g/mol. The SMILES string of the molecule is CC(C)CC1CCC1.COP(=O)(O)O.[H-].[Na+]. The molecule has 0 bridgehead atoms. The molecular formula is C9H22NaO4P. The van der Waals surface area contributed by atoms with E-state index in [1.165, 1.54) is 25.7 Å². The van der Waals surface area contributed by atoms with Crippen LogP contribution in [0, 0.1) is 11.8 Å². The molecule has 1 rings (SSSR count). The zero-order valence-electron chi connectivity index (χ0n) is 11.1. The van der Waals surface area contributed by atoms with Gasteiger partial charge < -0.3 is 11.2 Å². The Bertz CT molecular complexity index is 194. The molecule has 0 aromatic carbocycles. The van der Waals surface area contributed by atoms with Crippen molar-refractivity contribution in [2.45, 2.75) is 39.5 Å². The fourth-order valence-corrected chi connectivity index (χ4v) is 1.40. The van der Waals surface area contributed by atoms with E-state index in [0.717, 1.165) is 18.9 Å². The summed E-state index contributed by atoms with van der Waals surface area (Å²) in [4.78, 5) is 15.4. The van der Waals surface area contributed by atoms with Gasteiger partial charge in [-0.2, -0.15) is 0 Å². The Balaban J connectivity index is -0.000000195. The molecule has 0 unspecified atom stereocenters. The molecule has 0 atom stereocenters. The van der Waals surface area contributed by atoms with Gasteiger partial charge in [0.05, 0.1) is 0 Å². The maximum absolute atomic E-state index is 9.47. The summed E-state index contributed by atoms with van der Waals surface area (Å²) in [5.41, 5.74) is 0. The summed E-state index contributed by atoms with van der Waals surface area (Å²) < 4.78 is 13.1. The second-order valence-electron chi connectivity index (χ2n) is 4.10. The van der Waals surface area contributed by atoms with Gasteiger partial charge in [0.25, 0.3) is 0 Å². The van der Waals surface area contributed by atoms with Crippen molar-refractivity contribution in [3.05, 3.63) is 0 Å². The summed E-state index contributed by atoms with van der Waals surface area (Å²) in [6.07, 6.45) is 5.99. The minimum Gasteiger partial charge on any atom is -1.00 e. The van der Waals surface area contributed by atoms with Crippen molar-refractivity contribution < 1.29 is 49.9 Å². The zero-order chi connectivity index (χ0) is 11.2. The average molecular weight is 248 g/mol. The number of rotatable bonds is 3. The maximum Gasteiger partial charge on any atom is 1.00 e. The molecule has 6 heteroatoms. The van der Waals surface area contributed by atoms with E-state index < -0.39 is 7.82 Å². The first kappa shape index (κ1) is 18.5. The van der Waals surface area contributed by atoms with Crippen LogP contribution in [0.5, 0.6) is 0 Å². The van der Waals surface area contributed by atoms with Gasteiger partial charge in [-0.05, 0) is 18.3 Å². The number of phosphoric ester groups is 1. The Morgan fingerprint density at radius 3 is 1.93 bits per heavy atom. The predicted octanol–water partition coefficient (Wildman–Crippen LogP) is -0.325. The van der Waals surface area contributed by atoms with Gasteiger partial charge in [0.2, 0.25) is 0 Å². The van der Waals surface area contributed by atoms with Crippen LogP contribution in [-0.2, 0) is 9.09 Å². The van der Waals surface area contributed by atoms with Gasteiger partial charge in [-0.25, -0.2) is 4.57 Å². The van der Waals surface area contributed by atoms with E-state index in [1.807, 2.05) is 0 Å². The van der Waals surface area contributed by atoms with E-state index in [4.69, 9.17) is 9.79 Å². The molecule has 4 nitrogen and oxygen atoms in total. The average Bonchev–Trinajstić information content (AvgIpc) is 1.97. The van der Waals surface area contributed by atoms with Crippen LogP contribution in [0.15, 0.2) is 0 Å². The summed E-state index contributed by atoms with van der Waals surface area (Å²) in [7, 11) is -3.20. The Kier molecular flexibility index (Phi) is 11.3. The van der Waals surface area contributed by atoms with Crippen molar-refractivity contribution >= 4 is 7.82 Å². The van der Waals surface area contributed by atoms with Crippen molar-refractivity contribution in [2.24, 2.45) is 11.8 Å². The third kappa shape index (κ3) is 13.0. The molecule has 0 amide bonds. The normalized spacial score (nSPS) is 16.1. The summed E-state index contributed by atoms with van der Waals surface area (Å²) in [6.45, 7) is 4.64. The Hall–Kier alpha value is 1.11. The third-order valence-electron chi connectivity index (χ3n) is 2.27. The predicted molar refractivity (Wildman–Crippen MR) is 57.0 cm³/mol. The summed E-state index contributed by atoms with van der Waals surface area (Å²) >= 11 is 0. The third-order valence-corrected chi connectivity index (χ3v) is 2.74. The van der Waals surface area contributed by atoms with E-state index in [1.54, 1.807) is 0 Å². The second-order valence-corrected chi connectivity index (χ2v) is 5.45. The molecule has 0 aliphatic heterocycles. The molecule has 0 spiro atoms. The van der Waals surface area contributed by atoms with E-state index in [-0.39, 0.29) is 31.0 Å². The molecule has 1 fully saturated rings. The fourth-order valence-electron chi connectivity index (χ4n) is 1.40. The quantitative estimate of drug-likeness (QED) is 0.530. The molecule has 1 aliphatic rings. The van der Waals surface area contributed by atoms with Gasteiger partial charge in [0, 0.05) is 7.11 Å². The topological polar surface area (TPSA) is 66.8 Å². The standard InChI is InChI=1S/C8H16.CH5O4P.Na.H/c1-7(2)6-8-4-3-5-8;1-5-6(2,3)4;;/h7-8H,3-6H2,1-2H3;1H3,(H2,2,3,4);;/q;;+1;-1. The van der Waals surface area contributed by atoms with Crippen molar-refractivity contribution in [3.8, 4) is 0 Å². The molecule has 2 N–H and O–H groups in total. The Labute approximate surface area is 116 Å². The van der Waals surface area contributed by atoms with Crippen LogP contribution in [0.2, 0.25) is 0 Å². The molecule has 0 aromatic heterocycles. The van der Waals surface area contributed by atoms with E-state index in [0.29, 0.717) is 0 Å². The van der Waals surface area contributed by atoms with Crippen molar-refractivity contribution in [3.63, 3.8) is 0 Å². The molecular weight excluding hydrogens is 226 g/mol. The second kappa shape index (κ2) is 9.17. The molecule has 1 saturated carbocycles. The Morgan fingerprint density at radius 2 is 1.87 bits per heavy atom. The molecule has 0 radical (unpaired) electrons. The summed E-state index contributed by atoms with van der Waals surface area (Å²) in [5.74, 6) is 2.04.